The molecule has 162 valence electrons. The largest absolute Gasteiger partial charge is 0.497 e. The third-order valence-corrected chi connectivity index (χ3v) is 6.85. The Kier molecular flexibility index (Phi) is 7.37. The Labute approximate surface area is 178 Å². The van der Waals surface area contributed by atoms with Gasteiger partial charge < -0.3 is 9.84 Å². The quantitative estimate of drug-likeness (QED) is 0.388. The van der Waals surface area contributed by atoms with Gasteiger partial charge in [-0.25, -0.2) is 8.42 Å². The molecular weight excluding hydrogens is 402 g/mol. The van der Waals surface area contributed by atoms with Gasteiger partial charge in [-0.05, 0) is 55.4 Å². The SMILES string of the molecule is COc1cccc(CCS(=O)(=O)NC2=C(CC=CCCCC(=O)O)C3C=CC2C3)c1. The number of carbonyl (C=O) groups is 1. The number of hydrogen-bond acceptors (Lipinski definition) is 4. The molecule has 6 nitrogen and oxygen atoms in total. The van der Waals surface area contributed by atoms with Crippen LogP contribution in [0.5, 0.6) is 5.75 Å². The third kappa shape index (κ3) is 5.98. The van der Waals surface area contributed by atoms with Crippen LogP contribution in [-0.4, -0.2) is 32.4 Å². The van der Waals surface area contributed by atoms with Crippen molar-refractivity contribution in [1.29, 1.82) is 0 Å². The first kappa shape index (κ1) is 22.2. The number of benzene rings is 1. The predicted molar refractivity (Wildman–Crippen MR) is 117 cm³/mol. The number of carboxylic acid groups (broad SMARTS) is 1. The first-order valence-electron chi connectivity index (χ1n) is 10.3. The summed E-state index contributed by atoms with van der Waals surface area (Å²) in [5, 5.41) is 8.69. The molecule has 0 heterocycles. The molecule has 0 radical (unpaired) electrons. The predicted octanol–water partition coefficient (Wildman–Crippen LogP) is 3.82. The van der Waals surface area contributed by atoms with E-state index < -0.39 is 16.0 Å². The summed E-state index contributed by atoms with van der Waals surface area (Å²) >= 11 is 0. The standard InChI is InChI=1S/C23H29NO5S/c1-29-20-8-6-7-17(15-20)13-14-30(27,28)24-23-19-12-11-18(16-19)21(23)9-4-2-3-5-10-22(25)26/h2,4,6-8,11-12,15,18-19,24H,3,5,9-10,13-14,16H2,1H3,(H,25,26). The fourth-order valence-electron chi connectivity index (χ4n) is 4.01. The molecule has 7 heteroatoms. The highest BCUT2D eigenvalue weighted by atomic mass is 32.2. The van der Waals surface area contributed by atoms with Gasteiger partial charge in [0.25, 0.3) is 0 Å². The Balaban J connectivity index is 1.60. The molecule has 0 fully saturated rings. The van der Waals surface area contributed by atoms with Gasteiger partial charge in [0.05, 0.1) is 12.9 Å². The molecule has 2 unspecified atom stereocenters. The van der Waals surface area contributed by atoms with Crippen LogP contribution in [0, 0.1) is 11.8 Å². The van der Waals surface area contributed by atoms with Gasteiger partial charge in [0.1, 0.15) is 5.75 Å². The van der Waals surface area contributed by atoms with E-state index in [1.165, 1.54) is 0 Å². The van der Waals surface area contributed by atoms with Gasteiger partial charge >= 0.3 is 5.97 Å². The van der Waals surface area contributed by atoms with Gasteiger partial charge in [0.15, 0.2) is 0 Å². The minimum absolute atomic E-state index is 0.0169. The molecule has 1 aromatic carbocycles. The normalized spacial score (nSPS) is 20.3. The highest BCUT2D eigenvalue weighted by molar-refractivity contribution is 7.89. The van der Waals surface area contributed by atoms with Crippen molar-refractivity contribution in [3.63, 3.8) is 0 Å². The highest BCUT2D eigenvalue weighted by Gasteiger charge is 2.36. The fourth-order valence-corrected chi connectivity index (χ4v) is 5.23. The summed E-state index contributed by atoms with van der Waals surface area (Å²) in [6.07, 6.45) is 11.8. The van der Waals surface area contributed by atoms with Crippen LogP contribution < -0.4 is 9.46 Å². The molecule has 2 atom stereocenters. The summed E-state index contributed by atoms with van der Waals surface area (Å²) in [7, 11) is -1.87. The molecule has 2 N–H and O–H groups in total. The van der Waals surface area contributed by atoms with Crippen LogP contribution in [0.25, 0.3) is 0 Å². The maximum absolute atomic E-state index is 12.7. The molecule has 0 saturated heterocycles. The van der Waals surface area contributed by atoms with Gasteiger partial charge in [0.2, 0.25) is 10.0 Å². The Hall–Kier alpha value is -2.54. The van der Waals surface area contributed by atoms with E-state index in [0.717, 1.165) is 29.0 Å². The lowest BCUT2D eigenvalue weighted by molar-refractivity contribution is -0.137. The summed E-state index contributed by atoms with van der Waals surface area (Å²) in [6, 6.07) is 7.45. The van der Waals surface area contributed by atoms with E-state index >= 15 is 0 Å². The summed E-state index contributed by atoms with van der Waals surface area (Å²) < 4.78 is 33.5. The number of sulfonamides is 1. The summed E-state index contributed by atoms with van der Waals surface area (Å²) in [4.78, 5) is 10.6. The number of ether oxygens (including phenoxy) is 1. The third-order valence-electron chi connectivity index (χ3n) is 5.57. The van der Waals surface area contributed by atoms with Gasteiger partial charge in [-0.3, -0.25) is 9.52 Å². The number of nitrogens with one attached hydrogen (secondary N) is 1. The summed E-state index contributed by atoms with van der Waals surface area (Å²) in [5.41, 5.74) is 2.87. The molecule has 0 aromatic heterocycles. The lowest BCUT2D eigenvalue weighted by atomic mass is 9.98. The van der Waals surface area contributed by atoms with Gasteiger partial charge in [-0.15, -0.1) is 0 Å². The van der Waals surface area contributed by atoms with Crippen molar-refractivity contribution in [2.75, 3.05) is 12.9 Å². The number of hydrogen-bond donors (Lipinski definition) is 2. The van der Waals surface area contributed by atoms with Gasteiger partial charge in [-0.1, -0.05) is 36.4 Å². The van der Waals surface area contributed by atoms with Crippen LogP contribution in [0.1, 0.15) is 37.7 Å². The number of unbranched alkanes of at least 4 members (excludes halogenated alkanes) is 1. The van der Waals surface area contributed by atoms with Crippen molar-refractivity contribution < 1.29 is 23.1 Å². The summed E-state index contributed by atoms with van der Waals surface area (Å²) in [5.74, 6) is 0.376. The smallest absolute Gasteiger partial charge is 0.303 e. The zero-order valence-electron chi connectivity index (χ0n) is 17.2. The average Bonchev–Trinajstić information content (AvgIpc) is 3.31. The Bertz CT molecular complexity index is 962. The van der Waals surface area contributed by atoms with Crippen molar-refractivity contribution in [2.45, 2.75) is 38.5 Å². The lowest BCUT2D eigenvalue weighted by Gasteiger charge is -2.18. The molecule has 0 saturated carbocycles. The monoisotopic (exact) mass is 431 g/mol. The number of methoxy groups -OCH3 is 1. The minimum Gasteiger partial charge on any atom is -0.497 e. The highest BCUT2D eigenvalue weighted by Crippen LogP contribution is 2.44. The van der Waals surface area contributed by atoms with Crippen LogP contribution in [0.2, 0.25) is 0 Å². The molecule has 2 aliphatic carbocycles. The first-order chi connectivity index (χ1) is 14.4. The average molecular weight is 432 g/mol. The molecule has 2 aliphatic rings. The number of rotatable bonds is 12. The second kappa shape index (κ2) is 9.98. The number of aryl methyl sites for hydroxylation is 1. The molecule has 0 amide bonds. The Morgan fingerprint density at radius 2 is 2.07 bits per heavy atom. The van der Waals surface area contributed by atoms with Gasteiger partial charge in [-0.2, -0.15) is 0 Å². The molecule has 3 rings (SSSR count). The van der Waals surface area contributed by atoms with Crippen molar-refractivity contribution in [1.82, 2.24) is 4.72 Å². The second-order valence-electron chi connectivity index (χ2n) is 7.76. The van der Waals surface area contributed by atoms with Gasteiger partial charge in [0, 0.05) is 24.0 Å². The van der Waals surface area contributed by atoms with Crippen molar-refractivity contribution in [2.24, 2.45) is 11.8 Å². The number of carboxylic acids is 1. The topological polar surface area (TPSA) is 92.7 Å². The van der Waals surface area contributed by atoms with E-state index in [4.69, 9.17) is 9.84 Å². The molecule has 30 heavy (non-hydrogen) atoms. The first-order valence-corrected chi connectivity index (χ1v) is 11.9. The van der Waals surface area contributed by atoms with E-state index in [9.17, 15) is 13.2 Å². The Morgan fingerprint density at radius 3 is 2.83 bits per heavy atom. The zero-order chi connectivity index (χ0) is 21.6. The zero-order valence-corrected chi connectivity index (χ0v) is 18.0. The molecular formula is C23H29NO5S. The second-order valence-corrected chi connectivity index (χ2v) is 9.60. The van der Waals surface area contributed by atoms with E-state index in [1.54, 1.807) is 7.11 Å². The molecule has 0 aliphatic heterocycles. The fraction of sp³-hybridized carbons (Fsp3) is 0.435. The van der Waals surface area contributed by atoms with Crippen LogP contribution in [-0.2, 0) is 21.2 Å². The maximum Gasteiger partial charge on any atom is 0.303 e. The van der Waals surface area contributed by atoms with Crippen LogP contribution >= 0.6 is 0 Å². The van der Waals surface area contributed by atoms with E-state index in [1.807, 2.05) is 36.4 Å². The minimum atomic E-state index is -3.46. The molecule has 2 bridgehead atoms. The Morgan fingerprint density at radius 1 is 1.27 bits per heavy atom. The van der Waals surface area contributed by atoms with Crippen molar-refractivity contribution >= 4 is 16.0 Å². The molecule has 1 aromatic rings. The maximum atomic E-state index is 12.7. The number of fused-ring (bicyclic) bond motifs is 2. The van der Waals surface area contributed by atoms with Crippen LogP contribution in [0.4, 0.5) is 0 Å². The lowest BCUT2D eigenvalue weighted by Crippen LogP contribution is -2.29. The van der Waals surface area contributed by atoms with E-state index in [2.05, 4.69) is 16.9 Å². The number of aliphatic carboxylic acids is 1. The van der Waals surface area contributed by atoms with Crippen LogP contribution in [0.15, 0.2) is 59.8 Å². The van der Waals surface area contributed by atoms with Crippen molar-refractivity contribution in [3.8, 4) is 5.75 Å². The molecule has 0 spiro atoms. The number of allylic oxidation sites excluding steroid dienone is 5. The van der Waals surface area contributed by atoms with E-state index in [-0.39, 0.29) is 24.0 Å². The van der Waals surface area contributed by atoms with Crippen molar-refractivity contribution in [3.05, 3.63) is 65.4 Å². The van der Waals surface area contributed by atoms with E-state index in [0.29, 0.717) is 25.7 Å². The van der Waals surface area contributed by atoms with Crippen LogP contribution in [0.3, 0.4) is 0 Å². The summed E-state index contributed by atoms with van der Waals surface area (Å²) in [6.45, 7) is 0.